The van der Waals surface area contributed by atoms with Crippen molar-refractivity contribution >= 4 is 45.0 Å². The lowest BCUT2D eigenvalue weighted by atomic mass is 10.1. The lowest BCUT2D eigenvalue weighted by Gasteiger charge is -2.22. The molecule has 118 valence electrons. The monoisotopic (exact) mass is 334 g/mol. The number of aryl methyl sites for hydroxylation is 1. The van der Waals surface area contributed by atoms with Crippen LogP contribution in [-0.2, 0) is 0 Å². The molecular weight excluding hydrogens is 312 g/mol. The molecule has 0 amide bonds. The first-order valence-corrected chi connectivity index (χ1v) is 8.85. The second kappa shape index (κ2) is 7.29. The zero-order valence-electron chi connectivity index (χ0n) is 13.5. The van der Waals surface area contributed by atoms with Crippen molar-refractivity contribution in [2.24, 2.45) is 0 Å². The van der Waals surface area contributed by atoms with Crippen molar-refractivity contribution in [3.63, 3.8) is 0 Å². The van der Waals surface area contributed by atoms with E-state index in [1.165, 1.54) is 11.8 Å². The van der Waals surface area contributed by atoms with Crippen molar-refractivity contribution in [3.05, 3.63) is 35.5 Å². The lowest BCUT2D eigenvalue weighted by molar-refractivity contribution is 0.0995. The zero-order chi connectivity index (χ0) is 16.3. The molecule has 1 N–H and O–H groups in total. The molecule has 2 rings (SSSR count). The number of para-hydroxylation sites is 1. The van der Waals surface area contributed by atoms with Crippen LogP contribution < -0.4 is 0 Å². The number of H-pyrrole nitrogens is 1. The highest BCUT2D eigenvalue weighted by Crippen LogP contribution is 2.27. The summed E-state index contributed by atoms with van der Waals surface area (Å²) in [6.07, 6.45) is 0. The van der Waals surface area contributed by atoms with Crippen LogP contribution in [0.4, 0.5) is 0 Å². The van der Waals surface area contributed by atoms with Crippen LogP contribution in [0.5, 0.6) is 0 Å². The van der Waals surface area contributed by atoms with Gasteiger partial charge in [0, 0.05) is 35.2 Å². The van der Waals surface area contributed by atoms with Gasteiger partial charge in [-0.25, -0.2) is 0 Å². The minimum Gasteiger partial charge on any atom is -0.358 e. The van der Waals surface area contributed by atoms with E-state index in [9.17, 15) is 4.79 Å². The molecule has 1 heterocycles. The first-order valence-electron chi connectivity index (χ1n) is 7.56. The lowest BCUT2D eigenvalue weighted by Crippen LogP contribution is -2.29. The van der Waals surface area contributed by atoms with E-state index in [1.807, 2.05) is 38.1 Å². The number of benzene rings is 1. The van der Waals surface area contributed by atoms with E-state index in [0.717, 1.165) is 39.6 Å². The minimum atomic E-state index is -0.189. The molecule has 5 heteroatoms. The number of ketones is 1. The molecule has 1 aromatic carbocycles. The van der Waals surface area contributed by atoms with Crippen molar-refractivity contribution in [2.75, 3.05) is 13.1 Å². The van der Waals surface area contributed by atoms with Crippen LogP contribution in [-0.4, -0.2) is 38.3 Å². The van der Waals surface area contributed by atoms with Crippen molar-refractivity contribution in [1.29, 1.82) is 0 Å². The topological polar surface area (TPSA) is 36.1 Å². The first-order chi connectivity index (χ1) is 10.5. The predicted molar refractivity (Wildman–Crippen MR) is 99.9 cm³/mol. The van der Waals surface area contributed by atoms with Gasteiger partial charge < -0.3 is 9.88 Å². The third kappa shape index (κ3) is 3.36. The molecular formula is C17H22N2OS2. The number of nitrogens with zero attached hydrogens (tertiary/aromatic N) is 1. The van der Waals surface area contributed by atoms with Gasteiger partial charge >= 0.3 is 0 Å². The second-order valence-corrected chi connectivity index (χ2v) is 7.21. The number of hydrogen-bond donors (Lipinski definition) is 1. The van der Waals surface area contributed by atoms with Gasteiger partial charge in [0.25, 0.3) is 0 Å². The summed E-state index contributed by atoms with van der Waals surface area (Å²) in [6, 6.07) is 7.93. The maximum Gasteiger partial charge on any atom is 0.178 e. The molecule has 3 nitrogen and oxygen atoms in total. The van der Waals surface area contributed by atoms with Gasteiger partial charge in [0.2, 0.25) is 0 Å². The normalized spacial score (nSPS) is 12.4. The Morgan fingerprint density at radius 2 is 1.95 bits per heavy atom. The highest BCUT2D eigenvalue weighted by molar-refractivity contribution is 8.23. The molecule has 0 spiro atoms. The molecule has 0 aliphatic heterocycles. The second-order valence-electron chi connectivity index (χ2n) is 5.23. The number of thioether (sulfide) groups is 1. The molecule has 0 saturated heterocycles. The number of fused-ring (bicyclic) bond motifs is 1. The molecule has 0 bridgehead atoms. The fraction of sp³-hybridized carbons (Fsp3) is 0.412. The van der Waals surface area contributed by atoms with Gasteiger partial charge in [-0.15, -0.1) is 0 Å². The fourth-order valence-corrected chi connectivity index (χ4v) is 4.18. The summed E-state index contributed by atoms with van der Waals surface area (Å²) in [7, 11) is 0. The van der Waals surface area contributed by atoms with E-state index in [4.69, 9.17) is 12.2 Å². The van der Waals surface area contributed by atoms with E-state index in [1.54, 1.807) is 0 Å². The van der Waals surface area contributed by atoms with E-state index < -0.39 is 0 Å². The van der Waals surface area contributed by atoms with Crippen LogP contribution in [0.15, 0.2) is 24.3 Å². The number of aromatic amines is 1. The average Bonchev–Trinajstić information content (AvgIpc) is 2.83. The largest absolute Gasteiger partial charge is 0.358 e. The van der Waals surface area contributed by atoms with Crippen LogP contribution in [0.25, 0.3) is 10.9 Å². The summed E-state index contributed by atoms with van der Waals surface area (Å²) in [6.45, 7) is 9.78. The Morgan fingerprint density at radius 3 is 2.59 bits per heavy atom. The number of rotatable bonds is 5. The summed E-state index contributed by atoms with van der Waals surface area (Å²) in [5.41, 5.74) is 2.72. The molecule has 0 aliphatic rings. The van der Waals surface area contributed by atoms with Crippen LogP contribution in [0, 0.1) is 6.92 Å². The van der Waals surface area contributed by atoms with Gasteiger partial charge in [0.1, 0.15) is 4.32 Å². The van der Waals surface area contributed by atoms with Gasteiger partial charge in [-0.1, -0.05) is 42.2 Å². The Balaban J connectivity index is 2.23. The summed E-state index contributed by atoms with van der Waals surface area (Å²) < 4.78 is 0.795. The molecule has 1 unspecified atom stereocenters. The molecule has 0 aliphatic carbocycles. The molecule has 1 atom stereocenters. The molecule has 0 radical (unpaired) electrons. The molecule has 2 aromatic rings. The van der Waals surface area contributed by atoms with Crippen molar-refractivity contribution in [3.8, 4) is 0 Å². The highest BCUT2D eigenvalue weighted by Gasteiger charge is 2.23. The van der Waals surface area contributed by atoms with E-state index in [-0.39, 0.29) is 11.0 Å². The average molecular weight is 335 g/mol. The number of carbonyl (C=O) groups excluding carboxylic acids is 1. The Hall–Kier alpha value is -1.33. The first kappa shape index (κ1) is 17.0. The summed E-state index contributed by atoms with van der Waals surface area (Å²) >= 11 is 6.93. The number of Topliss-reactive ketones (excluding diaryl/α,β-unsaturated/α-hetero) is 1. The summed E-state index contributed by atoms with van der Waals surface area (Å²) in [5.74, 6) is 0.134. The standard InChI is InChI=1S/C17H22N2OS2/c1-5-19(6-2)17(21)22-12(4)16(20)15-11(3)18-14-10-8-7-9-13(14)15/h7-10,12,18H,5-6H2,1-4H3. The SMILES string of the molecule is CCN(CC)C(=S)SC(C)C(=O)c1c(C)[nH]c2ccccc12. The van der Waals surface area contributed by atoms with Gasteiger partial charge in [-0.2, -0.15) is 0 Å². The summed E-state index contributed by atoms with van der Waals surface area (Å²) in [4.78, 5) is 18.2. The molecule has 0 saturated carbocycles. The van der Waals surface area contributed by atoms with Gasteiger partial charge in [-0.05, 0) is 33.8 Å². The zero-order valence-corrected chi connectivity index (χ0v) is 15.1. The molecule has 0 fully saturated rings. The quantitative estimate of drug-likeness (QED) is 0.649. The van der Waals surface area contributed by atoms with Crippen LogP contribution >= 0.6 is 24.0 Å². The van der Waals surface area contributed by atoms with Crippen molar-refractivity contribution < 1.29 is 4.79 Å². The summed E-state index contributed by atoms with van der Waals surface area (Å²) in [5, 5.41) is 0.803. The van der Waals surface area contributed by atoms with E-state index in [0.29, 0.717) is 0 Å². The molecule has 22 heavy (non-hydrogen) atoms. The Labute approximate surface area is 141 Å². The Bertz CT molecular complexity index is 689. The molecule has 1 aromatic heterocycles. The number of thiocarbonyl (C=S) groups is 1. The third-order valence-electron chi connectivity index (χ3n) is 3.81. The fourth-order valence-electron chi connectivity index (χ4n) is 2.56. The minimum absolute atomic E-state index is 0.134. The van der Waals surface area contributed by atoms with Gasteiger partial charge in [-0.3, -0.25) is 4.79 Å². The van der Waals surface area contributed by atoms with Crippen LogP contribution in [0.1, 0.15) is 36.8 Å². The van der Waals surface area contributed by atoms with E-state index >= 15 is 0 Å². The number of aromatic nitrogens is 1. The maximum atomic E-state index is 12.9. The third-order valence-corrected chi connectivity index (χ3v) is 5.38. The predicted octanol–water partition coefficient (Wildman–Crippen LogP) is 4.41. The van der Waals surface area contributed by atoms with Crippen molar-refractivity contribution in [1.82, 2.24) is 9.88 Å². The van der Waals surface area contributed by atoms with Gasteiger partial charge in [0.15, 0.2) is 5.78 Å². The smallest absolute Gasteiger partial charge is 0.178 e. The van der Waals surface area contributed by atoms with Crippen molar-refractivity contribution in [2.45, 2.75) is 32.9 Å². The highest BCUT2D eigenvalue weighted by atomic mass is 32.2. The Morgan fingerprint density at radius 1 is 1.32 bits per heavy atom. The van der Waals surface area contributed by atoms with Crippen LogP contribution in [0.3, 0.4) is 0 Å². The maximum absolute atomic E-state index is 12.9. The Kier molecular flexibility index (Phi) is 5.64. The van der Waals surface area contributed by atoms with E-state index in [2.05, 4.69) is 23.7 Å². The number of nitrogens with one attached hydrogen (secondary N) is 1. The number of carbonyl (C=O) groups is 1. The van der Waals surface area contributed by atoms with Crippen LogP contribution in [0.2, 0.25) is 0 Å². The van der Waals surface area contributed by atoms with Gasteiger partial charge in [0.05, 0.1) is 5.25 Å². The number of hydrogen-bond acceptors (Lipinski definition) is 3.